The number of carbonyl (C=O) groups excluding carboxylic acids is 2. The molecule has 1 fully saturated rings. The molecule has 2 aromatic heterocycles. The van der Waals surface area contributed by atoms with Crippen LogP contribution in [0.15, 0.2) is 24.6 Å². The second kappa shape index (κ2) is 10.2. The molecule has 2 aliphatic heterocycles. The van der Waals surface area contributed by atoms with Gasteiger partial charge in [-0.3, -0.25) is 14.5 Å². The first kappa shape index (κ1) is 24.9. The molecular weight excluding hydrogens is 590 g/mol. The second-order valence-electron chi connectivity index (χ2n) is 6.79. The van der Waals surface area contributed by atoms with Crippen molar-refractivity contribution in [3.8, 4) is 0 Å². The van der Waals surface area contributed by atoms with Crippen LogP contribution in [0.1, 0.15) is 10.7 Å². The van der Waals surface area contributed by atoms with Crippen LogP contribution < -0.4 is 11.1 Å². The molecule has 0 radical (unpaired) electrons. The predicted molar refractivity (Wildman–Crippen MR) is 133 cm³/mol. The highest BCUT2D eigenvalue weighted by Crippen LogP contribution is 2.42. The van der Waals surface area contributed by atoms with Gasteiger partial charge in [-0.15, -0.1) is 22.0 Å². The fourth-order valence-electron chi connectivity index (χ4n) is 3.24. The number of nitrogen functional groups attached to an aromatic ring is 1. The number of nitrogens with two attached hydrogens (primary N) is 1. The summed E-state index contributed by atoms with van der Waals surface area (Å²) in [5.74, 6) is -1.66. The number of aliphatic carboxylic acids is 1. The molecule has 0 saturated carbocycles. The molecule has 2 amide bonds. The molecule has 17 heteroatoms. The summed E-state index contributed by atoms with van der Waals surface area (Å²) >= 11 is 8.56. The Morgan fingerprint density at radius 2 is 2.18 bits per heavy atom. The van der Waals surface area contributed by atoms with E-state index in [2.05, 4.69) is 41.6 Å². The topological polar surface area (TPSA) is 173 Å². The Morgan fingerprint density at radius 1 is 1.41 bits per heavy atom. The number of nitrogens with zero attached hydrogens (tertiary/aromatic N) is 5. The number of anilines is 1. The molecule has 2 atom stereocenters. The lowest BCUT2D eigenvalue weighted by Crippen LogP contribution is -2.71. The summed E-state index contributed by atoms with van der Waals surface area (Å²) in [4.78, 5) is 47.9. The number of β-lactam (4-membered cyclic amide) rings is 1. The average molecular weight is 607 g/mol. The van der Waals surface area contributed by atoms with E-state index in [1.54, 1.807) is 0 Å². The number of hydrogen-bond acceptors (Lipinski definition) is 13. The first-order valence-electron chi connectivity index (χ1n) is 9.38. The molecule has 4 heterocycles. The van der Waals surface area contributed by atoms with Gasteiger partial charge in [-0.1, -0.05) is 39.6 Å². The maximum absolute atomic E-state index is 12.9. The molecule has 12 nitrogen and oxygen atoms in total. The summed E-state index contributed by atoms with van der Waals surface area (Å²) in [5, 5.41) is 24.6. The van der Waals surface area contributed by atoms with Gasteiger partial charge in [0.2, 0.25) is 0 Å². The Kier molecular flexibility index (Phi) is 7.46. The number of amides is 2. The third-order valence-electron chi connectivity index (χ3n) is 4.64. The van der Waals surface area contributed by atoms with E-state index in [1.807, 2.05) is 6.92 Å². The van der Waals surface area contributed by atoms with Crippen molar-refractivity contribution in [2.75, 3.05) is 24.3 Å². The van der Waals surface area contributed by atoms with Crippen molar-refractivity contribution in [2.24, 2.45) is 5.16 Å². The van der Waals surface area contributed by atoms with Crippen LogP contribution in [0, 0.1) is 6.92 Å². The van der Waals surface area contributed by atoms with Crippen LogP contribution >= 0.6 is 62.1 Å². The van der Waals surface area contributed by atoms with Gasteiger partial charge in [-0.05, 0) is 28.4 Å². The molecule has 2 aromatic rings. The first-order valence-corrected chi connectivity index (χ1v) is 13.8. The van der Waals surface area contributed by atoms with Crippen molar-refractivity contribution in [2.45, 2.75) is 22.7 Å². The predicted octanol–water partition coefficient (Wildman–Crippen LogP) is 1.53. The van der Waals surface area contributed by atoms with Crippen LogP contribution in [0.25, 0.3) is 0 Å². The highest BCUT2D eigenvalue weighted by molar-refractivity contribution is 9.11. The lowest BCUT2D eigenvalue weighted by molar-refractivity contribution is -0.150. The number of nitrogens with one attached hydrogen (secondary N) is 1. The normalized spacial score (nSPS) is 20.1. The molecule has 34 heavy (non-hydrogen) atoms. The summed E-state index contributed by atoms with van der Waals surface area (Å²) in [5.41, 5.74) is 6.26. The van der Waals surface area contributed by atoms with Gasteiger partial charge in [0, 0.05) is 11.5 Å². The third-order valence-corrected chi connectivity index (χ3v) is 9.57. The number of aromatic nitrogens is 3. The third kappa shape index (κ3) is 4.79. The number of oxime groups is 1. The van der Waals surface area contributed by atoms with Gasteiger partial charge in [-0.2, -0.15) is 0 Å². The minimum absolute atomic E-state index is 0.0613. The van der Waals surface area contributed by atoms with Crippen LogP contribution in [0.3, 0.4) is 0 Å². The molecule has 0 aliphatic carbocycles. The number of carboxylic acids is 1. The Labute approximate surface area is 217 Å². The van der Waals surface area contributed by atoms with Crippen molar-refractivity contribution >= 4 is 90.8 Å². The van der Waals surface area contributed by atoms with Crippen molar-refractivity contribution in [1.29, 1.82) is 0 Å². The van der Waals surface area contributed by atoms with Crippen LogP contribution in [-0.4, -0.2) is 78.7 Å². The number of fused-ring (bicyclic) bond motifs is 1. The first-order chi connectivity index (χ1) is 16.2. The maximum atomic E-state index is 12.9. The maximum Gasteiger partial charge on any atom is 0.352 e. The van der Waals surface area contributed by atoms with Gasteiger partial charge in [0.15, 0.2) is 15.2 Å². The van der Waals surface area contributed by atoms with E-state index >= 15 is 0 Å². The summed E-state index contributed by atoms with van der Waals surface area (Å²) in [6.07, 6.45) is 0. The summed E-state index contributed by atoms with van der Waals surface area (Å²) < 4.78 is 1.20. The molecule has 2 aliphatic rings. The minimum Gasteiger partial charge on any atom is -0.477 e. The molecule has 1 unspecified atom stereocenters. The fraction of sp³-hybridized carbons (Fsp3) is 0.353. The van der Waals surface area contributed by atoms with Crippen molar-refractivity contribution in [3.63, 3.8) is 0 Å². The molecule has 4 rings (SSSR count). The highest BCUT2D eigenvalue weighted by atomic mass is 79.9. The summed E-state index contributed by atoms with van der Waals surface area (Å²) in [6.45, 7) is 1.84. The van der Waals surface area contributed by atoms with Gasteiger partial charge in [0.1, 0.15) is 38.7 Å². The quantitative estimate of drug-likeness (QED) is 0.172. The molecular formula is C17H16BrN7O5S4. The number of carbonyl (C=O) groups is 3. The van der Waals surface area contributed by atoms with E-state index in [-0.39, 0.29) is 22.2 Å². The molecule has 0 bridgehead atoms. The molecule has 180 valence electrons. The average Bonchev–Trinajstić information content (AvgIpc) is 3.36. The Morgan fingerprint density at radius 3 is 2.76 bits per heavy atom. The zero-order valence-electron chi connectivity index (χ0n) is 17.5. The number of rotatable bonds is 8. The molecule has 4 N–H and O–H groups in total. The largest absolute Gasteiger partial charge is 0.477 e. The van der Waals surface area contributed by atoms with E-state index in [4.69, 9.17) is 10.6 Å². The summed E-state index contributed by atoms with van der Waals surface area (Å²) in [7, 11) is 1.27. The number of aryl methyl sites for hydroxylation is 1. The number of thiazole rings is 1. The zero-order valence-corrected chi connectivity index (χ0v) is 22.3. The van der Waals surface area contributed by atoms with Gasteiger partial charge in [0.05, 0.1) is 0 Å². The lowest BCUT2D eigenvalue weighted by atomic mass is 10.0. The van der Waals surface area contributed by atoms with Crippen molar-refractivity contribution in [1.82, 2.24) is 25.4 Å². The Hall–Kier alpha value is -2.21. The molecule has 0 spiro atoms. The van der Waals surface area contributed by atoms with E-state index in [0.29, 0.717) is 20.9 Å². The number of halogens is 1. The highest BCUT2D eigenvalue weighted by Gasteiger charge is 2.54. The van der Waals surface area contributed by atoms with Crippen molar-refractivity contribution in [3.05, 3.63) is 25.8 Å². The van der Waals surface area contributed by atoms with E-state index in [0.717, 1.165) is 20.7 Å². The monoisotopic (exact) mass is 605 g/mol. The van der Waals surface area contributed by atoms with E-state index in [9.17, 15) is 19.5 Å². The zero-order chi connectivity index (χ0) is 24.6. The van der Waals surface area contributed by atoms with Gasteiger partial charge < -0.3 is 21.0 Å². The minimum atomic E-state index is -1.20. The fourth-order valence-corrected chi connectivity index (χ4v) is 7.87. The standard InChI is InChI=1S/C17H16BrN7O5S4/c1-5-22-23-17(33-5)32-4-6-3-31-14-9(13(27)25(14)10(6)15(28)29)20-12(26)8(24-30-2)7-11(18)34-16(19)21-7/h9,14H,3-4H2,1-2H3,(H2,19,21)(H,20,26)(H,28,29)/t9?,14-/m1/s1. The number of thioether (sulfide) groups is 2. The van der Waals surface area contributed by atoms with Crippen LogP contribution in [0.4, 0.5) is 5.13 Å². The second-order valence-corrected chi connectivity index (χ2v) is 12.6. The van der Waals surface area contributed by atoms with Gasteiger partial charge >= 0.3 is 5.97 Å². The summed E-state index contributed by atoms with van der Waals surface area (Å²) in [6, 6.07) is -0.927. The van der Waals surface area contributed by atoms with E-state index in [1.165, 1.54) is 46.9 Å². The smallest absolute Gasteiger partial charge is 0.352 e. The van der Waals surface area contributed by atoms with Gasteiger partial charge in [-0.25, -0.2) is 9.78 Å². The van der Waals surface area contributed by atoms with Gasteiger partial charge in [0.25, 0.3) is 11.8 Å². The Balaban J connectivity index is 1.50. The SMILES string of the molecule is CON=C(C(=O)NC1C(=O)N2C(C(=O)O)=C(CSc3nnc(C)s3)CS[C@H]12)c1nc(N)sc1Br. The number of carboxylic acid groups (broad SMARTS) is 1. The van der Waals surface area contributed by atoms with Crippen LogP contribution in [0.2, 0.25) is 0 Å². The Bertz CT molecular complexity index is 1230. The number of hydrogen-bond donors (Lipinski definition) is 3. The lowest BCUT2D eigenvalue weighted by Gasteiger charge is -2.49. The molecule has 1 saturated heterocycles. The van der Waals surface area contributed by atoms with Crippen molar-refractivity contribution < 1.29 is 24.3 Å². The van der Waals surface area contributed by atoms with E-state index < -0.39 is 29.2 Å². The van der Waals surface area contributed by atoms with Crippen LogP contribution in [0.5, 0.6) is 0 Å². The molecule has 0 aromatic carbocycles. The van der Waals surface area contributed by atoms with Crippen LogP contribution in [-0.2, 0) is 19.2 Å².